The predicted octanol–water partition coefficient (Wildman–Crippen LogP) is -1.32. The van der Waals surface area contributed by atoms with Crippen LogP contribution in [0.3, 0.4) is 0 Å². The van der Waals surface area contributed by atoms with E-state index in [2.05, 4.69) is 0 Å². The molecule has 7 nitrogen and oxygen atoms in total. The normalized spacial score (nSPS) is 13.3. The second-order valence-electron chi connectivity index (χ2n) is 3.80. The van der Waals surface area contributed by atoms with E-state index in [-0.39, 0.29) is 32.2 Å². The van der Waals surface area contributed by atoms with Crippen LogP contribution in [0.1, 0.15) is 0 Å². The molecule has 2 unspecified atom stereocenters. The molecule has 0 aliphatic heterocycles. The lowest BCUT2D eigenvalue weighted by Gasteiger charge is -2.10. The fourth-order valence-corrected chi connectivity index (χ4v) is 0.920. The molecule has 0 aromatic heterocycles. The Labute approximate surface area is 111 Å². The average molecular weight is 275 g/mol. The Morgan fingerprint density at radius 2 is 1.37 bits per heavy atom. The smallest absolute Gasteiger partial charge is 0.115 e. The Morgan fingerprint density at radius 3 is 1.68 bits per heavy atom. The molecule has 0 saturated carbocycles. The molecule has 7 heteroatoms. The number of phenols is 1. The standard InChI is InChI=1S/C6H7NO.C6H14O5/c7-5-1-3-6(8)4-2-5;7-1-5(9)3-11-4-6(10)2-8/h1-4,8H,7H2;5-10H,1-4H2. The number of hydrogen-bond donors (Lipinski definition) is 6. The zero-order valence-electron chi connectivity index (χ0n) is 10.5. The third-order valence-electron chi connectivity index (χ3n) is 1.94. The van der Waals surface area contributed by atoms with Crippen LogP contribution in [0, 0.1) is 0 Å². The van der Waals surface area contributed by atoms with Crippen molar-refractivity contribution >= 4 is 5.69 Å². The summed E-state index contributed by atoms with van der Waals surface area (Å²) in [4.78, 5) is 0. The summed E-state index contributed by atoms with van der Waals surface area (Å²) in [6, 6.07) is 6.40. The van der Waals surface area contributed by atoms with E-state index in [0.29, 0.717) is 5.69 Å². The Bertz CT molecular complexity index is 288. The van der Waals surface area contributed by atoms with E-state index in [1.54, 1.807) is 24.3 Å². The van der Waals surface area contributed by atoms with Crippen molar-refractivity contribution in [1.82, 2.24) is 0 Å². The first kappa shape index (κ1) is 17.6. The molecule has 2 atom stereocenters. The summed E-state index contributed by atoms with van der Waals surface area (Å²) in [7, 11) is 0. The van der Waals surface area contributed by atoms with Gasteiger partial charge in [-0.25, -0.2) is 0 Å². The van der Waals surface area contributed by atoms with Crippen LogP contribution < -0.4 is 5.73 Å². The van der Waals surface area contributed by atoms with Gasteiger partial charge in [0.1, 0.15) is 18.0 Å². The van der Waals surface area contributed by atoms with Crippen molar-refractivity contribution < 1.29 is 30.3 Å². The largest absolute Gasteiger partial charge is 0.508 e. The van der Waals surface area contributed by atoms with Gasteiger partial charge in [0, 0.05) is 5.69 Å². The van der Waals surface area contributed by atoms with E-state index in [4.69, 9.17) is 36.0 Å². The maximum absolute atomic E-state index is 8.72. The monoisotopic (exact) mass is 275 g/mol. The third-order valence-corrected chi connectivity index (χ3v) is 1.94. The minimum atomic E-state index is -0.916. The zero-order chi connectivity index (χ0) is 14.7. The number of phenolic OH excluding ortho intramolecular Hbond substituents is 1. The van der Waals surface area contributed by atoms with Gasteiger partial charge in [-0.2, -0.15) is 0 Å². The van der Waals surface area contributed by atoms with Crippen LogP contribution in [-0.2, 0) is 4.74 Å². The Morgan fingerprint density at radius 1 is 0.947 bits per heavy atom. The first-order chi connectivity index (χ1) is 8.99. The van der Waals surface area contributed by atoms with Gasteiger partial charge in [-0.15, -0.1) is 0 Å². The van der Waals surface area contributed by atoms with Crippen molar-refractivity contribution in [2.45, 2.75) is 12.2 Å². The van der Waals surface area contributed by atoms with Crippen LogP contribution in [-0.4, -0.2) is 64.2 Å². The highest BCUT2D eigenvalue weighted by molar-refractivity contribution is 5.40. The number of aromatic hydroxyl groups is 1. The van der Waals surface area contributed by atoms with Crippen LogP contribution in [0.2, 0.25) is 0 Å². The van der Waals surface area contributed by atoms with Gasteiger partial charge in [-0.05, 0) is 24.3 Å². The van der Waals surface area contributed by atoms with Gasteiger partial charge in [-0.1, -0.05) is 0 Å². The lowest BCUT2D eigenvalue weighted by molar-refractivity contribution is -0.0364. The number of anilines is 1. The van der Waals surface area contributed by atoms with Crippen LogP contribution in [0.5, 0.6) is 5.75 Å². The highest BCUT2D eigenvalue weighted by atomic mass is 16.5. The summed E-state index contributed by atoms with van der Waals surface area (Å²) in [6.45, 7) is -0.800. The van der Waals surface area contributed by atoms with Gasteiger partial charge in [0.25, 0.3) is 0 Å². The Balaban J connectivity index is 0.000000356. The van der Waals surface area contributed by atoms with Crippen molar-refractivity contribution in [3.05, 3.63) is 24.3 Å². The Kier molecular flexibility index (Phi) is 9.77. The van der Waals surface area contributed by atoms with Crippen molar-refractivity contribution in [1.29, 1.82) is 0 Å². The molecule has 110 valence electrons. The van der Waals surface area contributed by atoms with E-state index in [1.165, 1.54) is 0 Å². The fraction of sp³-hybridized carbons (Fsp3) is 0.500. The number of aliphatic hydroxyl groups is 4. The molecular weight excluding hydrogens is 254 g/mol. The van der Waals surface area contributed by atoms with E-state index < -0.39 is 12.2 Å². The average Bonchev–Trinajstić information content (AvgIpc) is 2.42. The first-order valence-electron chi connectivity index (χ1n) is 5.69. The summed E-state index contributed by atoms with van der Waals surface area (Å²) in [5.74, 6) is 0.249. The maximum atomic E-state index is 8.72. The molecule has 1 rings (SSSR count). The van der Waals surface area contributed by atoms with Crippen molar-refractivity contribution in [2.75, 3.05) is 32.2 Å². The van der Waals surface area contributed by atoms with Gasteiger partial charge in [0.05, 0.1) is 26.4 Å². The second-order valence-corrected chi connectivity index (χ2v) is 3.80. The molecule has 7 N–H and O–H groups in total. The van der Waals surface area contributed by atoms with Crippen molar-refractivity contribution in [3.8, 4) is 5.75 Å². The number of nitrogens with two attached hydrogens (primary N) is 1. The molecule has 0 fully saturated rings. The summed E-state index contributed by atoms with van der Waals surface area (Å²) in [5, 5.41) is 42.8. The molecule has 0 aliphatic carbocycles. The van der Waals surface area contributed by atoms with Crippen LogP contribution >= 0.6 is 0 Å². The van der Waals surface area contributed by atoms with E-state index in [9.17, 15) is 0 Å². The highest BCUT2D eigenvalue weighted by Gasteiger charge is 2.04. The lowest BCUT2D eigenvalue weighted by atomic mass is 10.3. The topological polar surface area (TPSA) is 136 Å². The van der Waals surface area contributed by atoms with E-state index in [0.717, 1.165) is 0 Å². The summed E-state index contributed by atoms with van der Waals surface area (Å²) < 4.78 is 4.72. The molecule has 1 aromatic rings. The molecule has 0 amide bonds. The minimum absolute atomic E-state index is 0.0342. The number of hydrogen-bond acceptors (Lipinski definition) is 7. The van der Waals surface area contributed by atoms with Crippen LogP contribution in [0.4, 0.5) is 5.69 Å². The number of benzene rings is 1. The minimum Gasteiger partial charge on any atom is -0.508 e. The molecule has 0 heterocycles. The molecular formula is C12H21NO6. The van der Waals surface area contributed by atoms with Gasteiger partial charge in [0.15, 0.2) is 0 Å². The Hall–Kier alpha value is -1.38. The molecule has 1 aromatic carbocycles. The third kappa shape index (κ3) is 10.2. The molecule has 0 saturated heterocycles. The van der Waals surface area contributed by atoms with E-state index in [1.807, 2.05) is 0 Å². The lowest BCUT2D eigenvalue weighted by Crippen LogP contribution is -2.25. The maximum Gasteiger partial charge on any atom is 0.115 e. The van der Waals surface area contributed by atoms with Gasteiger partial charge >= 0.3 is 0 Å². The summed E-state index contributed by atoms with van der Waals surface area (Å²) in [6.07, 6.45) is -1.83. The zero-order valence-corrected chi connectivity index (χ0v) is 10.5. The molecule has 0 spiro atoms. The van der Waals surface area contributed by atoms with Gasteiger partial charge in [0.2, 0.25) is 0 Å². The molecule has 0 bridgehead atoms. The summed E-state index contributed by atoms with van der Waals surface area (Å²) in [5.41, 5.74) is 5.98. The number of rotatable bonds is 6. The second kappa shape index (κ2) is 10.5. The van der Waals surface area contributed by atoms with Crippen LogP contribution in [0.25, 0.3) is 0 Å². The van der Waals surface area contributed by atoms with Crippen molar-refractivity contribution in [3.63, 3.8) is 0 Å². The van der Waals surface area contributed by atoms with Gasteiger partial charge in [-0.3, -0.25) is 0 Å². The van der Waals surface area contributed by atoms with Gasteiger partial charge < -0.3 is 36.0 Å². The summed E-state index contributed by atoms with van der Waals surface area (Å²) >= 11 is 0. The SMILES string of the molecule is Nc1ccc(O)cc1.OCC(O)COCC(O)CO. The molecule has 0 aliphatic rings. The van der Waals surface area contributed by atoms with Crippen molar-refractivity contribution in [2.24, 2.45) is 0 Å². The van der Waals surface area contributed by atoms with E-state index >= 15 is 0 Å². The first-order valence-corrected chi connectivity index (χ1v) is 5.69. The quantitative estimate of drug-likeness (QED) is 0.280. The molecule has 19 heavy (non-hydrogen) atoms. The fourth-order valence-electron chi connectivity index (χ4n) is 0.920. The number of aliphatic hydroxyl groups excluding tert-OH is 4. The molecule has 0 radical (unpaired) electrons. The number of nitrogen functional groups attached to an aromatic ring is 1. The number of ether oxygens (including phenoxy) is 1. The highest BCUT2D eigenvalue weighted by Crippen LogP contribution is 2.09. The van der Waals surface area contributed by atoms with Crippen LogP contribution in [0.15, 0.2) is 24.3 Å². The predicted molar refractivity (Wildman–Crippen MR) is 69.5 cm³/mol.